The molecule has 0 aliphatic heterocycles. The van der Waals surface area contributed by atoms with Gasteiger partial charge in [-0.1, -0.05) is 170 Å². The molecule has 12 aromatic rings. The van der Waals surface area contributed by atoms with Crippen LogP contribution in [-0.2, 0) is 0 Å². The topological polar surface area (TPSA) is 29.5 Å². The number of para-hydroxylation sites is 2. The second kappa shape index (κ2) is 14.3. The Bertz CT molecular complexity index is 3580. The minimum Gasteiger partial charge on any atom is -0.455 e. The minimum atomic E-state index is 0.837. The van der Waals surface area contributed by atoms with E-state index < -0.39 is 0 Å². The van der Waals surface area contributed by atoms with E-state index in [1.54, 1.807) is 0 Å². The van der Waals surface area contributed by atoms with Crippen LogP contribution in [0.5, 0.6) is 0 Å². The Hall–Kier alpha value is -8.14. The third kappa shape index (κ3) is 5.98. The van der Waals surface area contributed by atoms with Crippen LogP contribution in [0, 0.1) is 0 Å². The maximum atomic E-state index is 6.80. The molecule has 0 amide bonds. The Labute approximate surface area is 353 Å². The lowest BCUT2D eigenvalue weighted by Gasteiger charge is -2.29. The summed E-state index contributed by atoms with van der Waals surface area (Å²) < 4.78 is 13.3. The van der Waals surface area contributed by atoms with Crippen LogP contribution in [0.3, 0.4) is 0 Å². The molecule has 3 nitrogen and oxygen atoms in total. The second-order valence-electron chi connectivity index (χ2n) is 15.7. The molecule has 0 radical (unpaired) electrons. The van der Waals surface area contributed by atoms with Crippen molar-refractivity contribution in [3.8, 4) is 44.5 Å². The molecule has 0 N–H and O–H groups in total. The summed E-state index contributed by atoms with van der Waals surface area (Å²) in [5, 5.41) is 6.67. The maximum Gasteiger partial charge on any atom is 0.159 e. The quantitative estimate of drug-likeness (QED) is 0.161. The summed E-state index contributed by atoms with van der Waals surface area (Å²) in [5.74, 6) is 0. The SMILES string of the molecule is c1ccc(-c2ccc(N(c3cc(-c4ccc5oc6c7ccccc7ccc6c5c4)ccc3-c3cccc(-c4ccccc4)c3)c3cccc4c3oc3ccccc34)cc2)cc1. The van der Waals surface area contributed by atoms with Gasteiger partial charge in [-0.25, -0.2) is 0 Å². The van der Waals surface area contributed by atoms with Crippen LogP contribution < -0.4 is 4.90 Å². The Morgan fingerprint density at radius 1 is 0.279 bits per heavy atom. The molecule has 0 saturated heterocycles. The first-order valence-electron chi connectivity index (χ1n) is 20.7. The number of hydrogen-bond acceptors (Lipinski definition) is 3. The lowest BCUT2D eigenvalue weighted by Crippen LogP contribution is -2.12. The molecule has 2 aromatic heterocycles. The van der Waals surface area contributed by atoms with Gasteiger partial charge in [-0.2, -0.15) is 0 Å². The highest BCUT2D eigenvalue weighted by Crippen LogP contribution is 2.48. The van der Waals surface area contributed by atoms with Crippen molar-refractivity contribution in [2.24, 2.45) is 0 Å². The highest BCUT2D eigenvalue weighted by atomic mass is 16.3. The van der Waals surface area contributed by atoms with Crippen molar-refractivity contribution in [2.75, 3.05) is 4.90 Å². The molecule has 0 atom stereocenters. The molecule has 0 spiro atoms. The first-order valence-corrected chi connectivity index (χ1v) is 20.7. The van der Waals surface area contributed by atoms with Gasteiger partial charge in [-0.15, -0.1) is 0 Å². The smallest absolute Gasteiger partial charge is 0.159 e. The van der Waals surface area contributed by atoms with Crippen molar-refractivity contribution in [2.45, 2.75) is 0 Å². The van der Waals surface area contributed by atoms with Gasteiger partial charge in [0.1, 0.15) is 16.7 Å². The van der Waals surface area contributed by atoms with Crippen molar-refractivity contribution in [3.63, 3.8) is 0 Å². The molecule has 0 unspecified atom stereocenters. The van der Waals surface area contributed by atoms with E-state index in [9.17, 15) is 0 Å². The zero-order valence-corrected chi connectivity index (χ0v) is 33.1. The van der Waals surface area contributed by atoms with Gasteiger partial charge in [-0.05, 0) is 98.9 Å². The number of rotatable bonds is 7. The van der Waals surface area contributed by atoms with Crippen LogP contribution in [0.1, 0.15) is 0 Å². The van der Waals surface area contributed by atoms with Gasteiger partial charge in [0.25, 0.3) is 0 Å². The standard InChI is InChI=1S/C58H37NO2/c1-3-13-38(14-4-1)40-25-30-46(31-26-40)59(53-23-12-22-50-49-21-9-10-24-55(49)61-58(50)53)54-37-44(28-32-47(54)45-19-11-18-42(35-45)39-15-5-2-6-16-39)43-29-34-56-52(36-43)51-33-27-41-17-7-8-20-48(41)57(51)60-56/h1-37H. The molecule has 286 valence electrons. The number of benzene rings is 10. The molecule has 61 heavy (non-hydrogen) atoms. The number of hydrogen-bond donors (Lipinski definition) is 0. The van der Waals surface area contributed by atoms with Crippen LogP contribution in [0.15, 0.2) is 233 Å². The van der Waals surface area contributed by atoms with Gasteiger partial charge in [0.05, 0.1) is 11.4 Å². The van der Waals surface area contributed by atoms with Crippen LogP contribution in [0.25, 0.3) is 99.2 Å². The third-order valence-corrected chi connectivity index (χ3v) is 12.1. The molecule has 0 fully saturated rings. The fourth-order valence-corrected chi connectivity index (χ4v) is 9.07. The molecule has 12 rings (SSSR count). The van der Waals surface area contributed by atoms with Crippen molar-refractivity contribution >= 4 is 71.7 Å². The number of anilines is 3. The molecule has 0 aliphatic rings. The lowest BCUT2D eigenvalue weighted by molar-refractivity contribution is 0.669. The Balaban J connectivity index is 1.11. The predicted octanol–water partition coefficient (Wildman–Crippen LogP) is 16.8. The van der Waals surface area contributed by atoms with Crippen LogP contribution in [0.4, 0.5) is 17.1 Å². The van der Waals surface area contributed by atoms with E-state index in [-0.39, 0.29) is 0 Å². The fourth-order valence-electron chi connectivity index (χ4n) is 9.07. The van der Waals surface area contributed by atoms with Crippen LogP contribution in [0.2, 0.25) is 0 Å². The second-order valence-corrected chi connectivity index (χ2v) is 15.7. The lowest BCUT2D eigenvalue weighted by atomic mass is 9.94. The third-order valence-electron chi connectivity index (χ3n) is 12.1. The van der Waals surface area contributed by atoms with Gasteiger partial charge < -0.3 is 13.7 Å². The fraction of sp³-hybridized carbons (Fsp3) is 0. The van der Waals surface area contributed by atoms with E-state index in [0.29, 0.717) is 0 Å². The molecular formula is C58H37NO2. The summed E-state index contributed by atoms with van der Waals surface area (Å²) in [6.45, 7) is 0. The predicted molar refractivity (Wildman–Crippen MR) is 255 cm³/mol. The molecule has 10 aromatic carbocycles. The van der Waals surface area contributed by atoms with Crippen molar-refractivity contribution in [1.29, 1.82) is 0 Å². The van der Waals surface area contributed by atoms with Gasteiger partial charge in [0.15, 0.2) is 5.58 Å². The number of fused-ring (bicyclic) bond motifs is 8. The van der Waals surface area contributed by atoms with E-state index in [4.69, 9.17) is 8.83 Å². The summed E-state index contributed by atoms with van der Waals surface area (Å²) in [6.07, 6.45) is 0. The van der Waals surface area contributed by atoms with Gasteiger partial charge in [0.2, 0.25) is 0 Å². The molecule has 2 heterocycles. The van der Waals surface area contributed by atoms with E-state index in [2.05, 4.69) is 223 Å². The minimum absolute atomic E-state index is 0.837. The van der Waals surface area contributed by atoms with E-state index in [1.165, 1.54) is 16.5 Å². The zero-order valence-electron chi connectivity index (χ0n) is 33.1. The number of furan rings is 2. The van der Waals surface area contributed by atoms with Crippen molar-refractivity contribution in [1.82, 2.24) is 0 Å². The monoisotopic (exact) mass is 779 g/mol. The maximum absolute atomic E-state index is 6.80. The highest BCUT2D eigenvalue weighted by molar-refractivity contribution is 6.16. The van der Waals surface area contributed by atoms with Gasteiger partial charge >= 0.3 is 0 Å². The highest BCUT2D eigenvalue weighted by Gasteiger charge is 2.23. The zero-order chi connectivity index (χ0) is 40.3. The first kappa shape index (κ1) is 34.9. The Kier molecular flexibility index (Phi) is 8.17. The van der Waals surface area contributed by atoms with Crippen molar-refractivity contribution in [3.05, 3.63) is 224 Å². The average molecular weight is 780 g/mol. The molecular weight excluding hydrogens is 743 g/mol. The Morgan fingerprint density at radius 3 is 1.67 bits per heavy atom. The van der Waals surface area contributed by atoms with Crippen LogP contribution >= 0.6 is 0 Å². The first-order chi connectivity index (χ1) is 30.2. The Morgan fingerprint density at radius 2 is 0.836 bits per heavy atom. The van der Waals surface area contributed by atoms with E-state index in [0.717, 1.165) is 99.7 Å². The molecule has 3 heteroatoms. The van der Waals surface area contributed by atoms with Crippen LogP contribution in [-0.4, -0.2) is 0 Å². The van der Waals surface area contributed by atoms with Gasteiger partial charge in [0, 0.05) is 38.2 Å². The van der Waals surface area contributed by atoms with Gasteiger partial charge in [-0.3, -0.25) is 0 Å². The number of nitrogens with zero attached hydrogens (tertiary/aromatic N) is 1. The average Bonchev–Trinajstić information content (AvgIpc) is 3.91. The summed E-state index contributed by atoms with van der Waals surface area (Å²) in [6, 6.07) is 80.0. The molecule has 0 saturated carbocycles. The summed E-state index contributed by atoms with van der Waals surface area (Å²) in [4.78, 5) is 2.38. The summed E-state index contributed by atoms with van der Waals surface area (Å²) >= 11 is 0. The largest absolute Gasteiger partial charge is 0.455 e. The summed E-state index contributed by atoms with van der Waals surface area (Å²) in [7, 11) is 0. The van der Waals surface area contributed by atoms with E-state index >= 15 is 0 Å². The summed E-state index contributed by atoms with van der Waals surface area (Å²) in [5.41, 5.74) is 15.6. The molecule has 0 bridgehead atoms. The normalized spacial score (nSPS) is 11.6. The van der Waals surface area contributed by atoms with E-state index in [1.807, 2.05) is 6.07 Å². The molecule has 0 aliphatic carbocycles. The van der Waals surface area contributed by atoms with Crippen molar-refractivity contribution < 1.29 is 8.83 Å².